The summed E-state index contributed by atoms with van der Waals surface area (Å²) >= 11 is 0. The molecule has 0 amide bonds. The summed E-state index contributed by atoms with van der Waals surface area (Å²) in [4.78, 5) is 0. The van der Waals surface area contributed by atoms with Crippen LogP contribution in [0, 0.1) is 0 Å². The molecule has 0 saturated carbocycles. The summed E-state index contributed by atoms with van der Waals surface area (Å²) in [6.07, 6.45) is 1.91. The lowest BCUT2D eigenvalue weighted by Gasteiger charge is -2.24. The Morgan fingerprint density at radius 3 is 2.15 bits per heavy atom. The Balaban J connectivity index is 2.08. The molecule has 0 aliphatic heterocycles. The lowest BCUT2D eigenvalue weighted by molar-refractivity contribution is 0.167. The molecular weight excluding hydrogens is 246 g/mol. The van der Waals surface area contributed by atoms with Crippen molar-refractivity contribution in [2.75, 3.05) is 0 Å². The first-order valence-corrected chi connectivity index (χ1v) is 7.30. The molecule has 2 unspecified atom stereocenters. The van der Waals surface area contributed by atoms with E-state index in [1.165, 1.54) is 5.56 Å². The van der Waals surface area contributed by atoms with Gasteiger partial charge in [-0.2, -0.15) is 0 Å². The first kappa shape index (κ1) is 14.6. The third-order valence-corrected chi connectivity index (χ3v) is 3.61. The van der Waals surface area contributed by atoms with Crippen molar-refractivity contribution in [1.29, 1.82) is 0 Å². The minimum Gasteiger partial charge on any atom is -0.488 e. The second kappa shape index (κ2) is 7.11. The van der Waals surface area contributed by atoms with Crippen LogP contribution < -0.4 is 10.5 Å². The normalized spacial score (nSPS) is 13.8. The van der Waals surface area contributed by atoms with Gasteiger partial charge in [-0.3, -0.25) is 0 Å². The van der Waals surface area contributed by atoms with Gasteiger partial charge in [0.2, 0.25) is 0 Å². The third kappa shape index (κ3) is 3.61. The number of rotatable bonds is 6. The van der Waals surface area contributed by atoms with Gasteiger partial charge in [0.1, 0.15) is 11.9 Å². The molecule has 2 nitrogen and oxygen atoms in total. The molecule has 0 radical (unpaired) electrons. The van der Waals surface area contributed by atoms with Crippen molar-refractivity contribution >= 4 is 0 Å². The van der Waals surface area contributed by atoms with Crippen LogP contribution in [0.25, 0.3) is 0 Å². The minimum atomic E-state index is -0.105. The van der Waals surface area contributed by atoms with Gasteiger partial charge in [0.05, 0.1) is 6.04 Å². The average Bonchev–Trinajstić information content (AvgIpc) is 2.53. The summed E-state index contributed by atoms with van der Waals surface area (Å²) in [6, 6.07) is 18.3. The SMILES string of the molecule is CCc1ccc(OC(CC)C(N)c2ccccc2)cc1. The molecule has 0 aliphatic carbocycles. The fourth-order valence-corrected chi connectivity index (χ4v) is 2.28. The van der Waals surface area contributed by atoms with Gasteiger partial charge in [0.25, 0.3) is 0 Å². The Morgan fingerprint density at radius 1 is 0.950 bits per heavy atom. The molecule has 0 aromatic heterocycles. The van der Waals surface area contributed by atoms with E-state index in [-0.39, 0.29) is 12.1 Å². The molecule has 0 bridgehead atoms. The van der Waals surface area contributed by atoms with Gasteiger partial charge >= 0.3 is 0 Å². The highest BCUT2D eigenvalue weighted by Crippen LogP contribution is 2.22. The Bertz CT molecular complexity index is 507. The van der Waals surface area contributed by atoms with E-state index in [1.54, 1.807) is 0 Å². The van der Waals surface area contributed by atoms with Crippen LogP contribution in [0.3, 0.4) is 0 Å². The van der Waals surface area contributed by atoms with E-state index in [2.05, 4.69) is 38.1 Å². The molecule has 20 heavy (non-hydrogen) atoms. The van der Waals surface area contributed by atoms with E-state index in [0.717, 1.165) is 24.2 Å². The van der Waals surface area contributed by atoms with Gasteiger partial charge in [-0.05, 0) is 36.1 Å². The fourth-order valence-electron chi connectivity index (χ4n) is 2.28. The van der Waals surface area contributed by atoms with E-state index in [0.29, 0.717) is 0 Å². The lowest BCUT2D eigenvalue weighted by Crippen LogP contribution is -2.30. The van der Waals surface area contributed by atoms with Crippen molar-refractivity contribution in [2.24, 2.45) is 5.73 Å². The zero-order valence-corrected chi connectivity index (χ0v) is 12.3. The highest BCUT2D eigenvalue weighted by molar-refractivity contribution is 5.28. The van der Waals surface area contributed by atoms with E-state index in [1.807, 2.05) is 30.3 Å². The smallest absolute Gasteiger partial charge is 0.119 e. The molecule has 2 heteroatoms. The molecule has 0 spiro atoms. The maximum absolute atomic E-state index is 6.33. The van der Waals surface area contributed by atoms with Gasteiger partial charge in [-0.15, -0.1) is 0 Å². The number of hydrogen-bond donors (Lipinski definition) is 1. The van der Waals surface area contributed by atoms with Crippen molar-refractivity contribution in [3.05, 3.63) is 65.7 Å². The Labute approximate surface area is 121 Å². The maximum atomic E-state index is 6.33. The standard InChI is InChI=1S/C18H23NO/c1-3-14-10-12-16(13-11-14)20-17(4-2)18(19)15-8-6-5-7-9-15/h5-13,17-18H,3-4,19H2,1-2H3. The summed E-state index contributed by atoms with van der Waals surface area (Å²) < 4.78 is 6.05. The van der Waals surface area contributed by atoms with Gasteiger partial charge in [-0.1, -0.05) is 56.3 Å². The molecule has 2 aromatic carbocycles. The quantitative estimate of drug-likeness (QED) is 0.856. The summed E-state index contributed by atoms with van der Waals surface area (Å²) in [7, 11) is 0. The van der Waals surface area contributed by atoms with E-state index < -0.39 is 0 Å². The maximum Gasteiger partial charge on any atom is 0.119 e. The molecule has 0 heterocycles. The van der Waals surface area contributed by atoms with E-state index >= 15 is 0 Å². The van der Waals surface area contributed by atoms with Crippen LogP contribution in [-0.4, -0.2) is 6.10 Å². The summed E-state index contributed by atoms with van der Waals surface area (Å²) in [5.41, 5.74) is 8.76. The molecule has 0 fully saturated rings. The highest BCUT2D eigenvalue weighted by Gasteiger charge is 2.19. The number of aryl methyl sites for hydroxylation is 1. The van der Waals surface area contributed by atoms with Gasteiger partial charge in [0, 0.05) is 0 Å². The van der Waals surface area contributed by atoms with Gasteiger partial charge in [-0.25, -0.2) is 0 Å². The zero-order chi connectivity index (χ0) is 14.4. The Hall–Kier alpha value is -1.80. The number of ether oxygens (including phenoxy) is 1. The first-order valence-electron chi connectivity index (χ1n) is 7.30. The second-order valence-electron chi connectivity index (χ2n) is 5.00. The molecular formula is C18H23NO. The third-order valence-electron chi connectivity index (χ3n) is 3.61. The largest absolute Gasteiger partial charge is 0.488 e. The minimum absolute atomic E-state index is 0.00937. The number of benzene rings is 2. The molecule has 106 valence electrons. The Kier molecular flexibility index (Phi) is 5.19. The molecule has 2 aromatic rings. The van der Waals surface area contributed by atoms with E-state index in [9.17, 15) is 0 Å². The van der Waals surface area contributed by atoms with Crippen LogP contribution in [0.4, 0.5) is 0 Å². The van der Waals surface area contributed by atoms with Crippen molar-refractivity contribution in [3.63, 3.8) is 0 Å². The van der Waals surface area contributed by atoms with E-state index in [4.69, 9.17) is 10.5 Å². The van der Waals surface area contributed by atoms with Crippen molar-refractivity contribution < 1.29 is 4.74 Å². The van der Waals surface area contributed by atoms with Gasteiger partial charge < -0.3 is 10.5 Å². The van der Waals surface area contributed by atoms with Crippen LogP contribution >= 0.6 is 0 Å². The summed E-state index contributed by atoms with van der Waals surface area (Å²) in [5, 5.41) is 0. The molecule has 2 atom stereocenters. The predicted octanol–water partition coefficient (Wildman–Crippen LogP) is 4.11. The van der Waals surface area contributed by atoms with Crippen LogP contribution in [0.2, 0.25) is 0 Å². The second-order valence-corrected chi connectivity index (χ2v) is 5.00. The van der Waals surface area contributed by atoms with Crippen LogP contribution in [0.5, 0.6) is 5.75 Å². The summed E-state index contributed by atoms with van der Waals surface area (Å²) in [6.45, 7) is 4.25. The molecule has 0 saturated heterocycles. The topological polar surface area (TPSA) is 35.2 Å². The highest BCUT2D eigenvalue weighted by atomic mass is 16.5. The van der Waals surface area contributed by atoms with Crippen molar-refractivity contribution in [2.45, 2.75) is 38.8 Å². The van der Waals surface area contributed by atoms with Crippen molar-refractivity contribution in [1.82, 2.24) is 0 Å². The zero-order valence-electron chi connectivity index (χ0n) is 12.3. The fraction of sp³-hybridized carbons (Fsp3) is 0.333. The summed E-state index contributed by atoms with van der Waals surface area (Å²) in [5.74, 6) is 0.889. The number of hydrogen-bond acceptors (Lipinski definition) is 2. The van der Waals surface area contributed by atoms with Crippen molar-refractivity contribution in [3.8, 4) is 5.75 Å². The van der Waals surface area contributed by atoms with Crippen LogP contribution in [0.15, 0.2) is 54.6 Å². The molecule has 0 aliphatic rings. The Morgan fingerprint density at radius 2 is 1.60 bits per heavy atom. The monoisotopic (exact) mass is 269 g/mol. The van der Waals surface area contributed by atoms with Gasteiger partial charge in [0.15, 0.2) is 0 Å². The van der Waals surface area contributed by atoms with Crippen LogP contribution in [-0.2, 0) is 6.42 Å². The first-order chi connectivity index (χ1) is 9.74. The molecule has 2 rings (SSSR count). The van der Waals surface area contributed by atoms with Crippen LogP contribution in [0.1, 0.15) is 37.4 Å². The number of nitrogens with two attached hydrogens (primary N) is 1. The lowest BCUT2D eigenvalue weighted by atomic mass is 10.0. The molecule has 2 N–H and O–H groups in total. The predicted molar refractivity (Wildman–Crippen MR) is 83.9 cm³/mol. The average molecular weight is 269 g/mol.